The van der Waals surface area contributed by atoms with Gasteiger partial charge in [0.2, 0.25) is 0 Å². The molecule has 1 heterocycles. The first-order chi connectivity index (χ1) is 13.6. The summed E-state index contributed by atoms with van der Waals surface area (Å²) in [6, 6.07) is 18.1. The number of aromatic nitrogens is 1. The first-order valence-electron chi connectivity index (χ1n) is 8.94. The fraction of sp³-hybridized carbons (Fsp3) is 0.136. The van der Waals surface area contributed by atoms with Crippen LogP contribution in [0.3, 0.4) is 0 Å². The van der Waals surface area contributed by atoms with Gasteiger partial charge in [0, 0.05) is 17.6 Å². The first kappa shape index (κ1) is 19.1. The molecule has 28 heavy (non-hydrogen) atoms. The summed E-state index contributed by atoms with van der Waals surface area (Å²) in [6.07, 6.45) is 1.56. The third-order valence-electron chi connectivity index (χ3n) is 4.00. The molecule has 6 heteroatoms. The van der Waals surface area contributed by atoms with Crippen LogP contribution in [-0.2, 0) is 4.74 Å². The van der Waals surface area contributed by atoms with E-state index in [4.69, 9.17) is 4.74 Å². The molecule has 2 N–H and O–H groups in total. The summed E-state index contributed by atoms with van der Waals surface area (Å²) < 4.78 is 5.03. The van der Waals surface area contributed by atoms with Gasteiger partial charge in [-0.1, -0.05) is 29.8 Å². The number of carbonyl (C=O) groups is 2. The molecule has 3 aromatic rings. The van der Waals surface area contributed by atoms with Crippen LogP contribution in [0, 0.1) is 6.92 Å². The molecule has 0 aliphatic carbocycles. The summed E-state index contributed by atoms with van der Waals surface area (Å²) in [5, 5.41) is 5.98. The van der Waals surface area contributed by atoms with E-state index >= 15 is 0 Å². The van der Waals surface area contributed by atoms with E-state index in [1.54, 1.807) is 49.5 Å². The van der Waals surface area contributed by atoms with Gasteiger partial charge < -0.3 is 15.4 Å². The highest BCUT2D eigenvalue weighted by Gasteiger charge is 2.15. The van der Waals surface area contributed by atoms with Crippen molar-refractivity contribution in [2.24, 2.45) is 0 Å². The minimum absolute atomic E-state index is 0.232. The molecule has 0 saturated carbocycles. The van der Waals surface area contributed by atoms with Crippen molar-refractivity contribution in [3.8, 4) is 0 Å². The summed E-state index contributed by atoms with van der Waals surface area (Å²) in [4.78, 5) is 28.8. The lowest BCUT2D eigenvalue weighted by molar-refractivity contribution is 0.0527. The second-order valence-electron chi connectivity index (χ2n) is 6.14. The number of esters is 1. The highest BCUT2D eigenvalue weighted by Crippen LogP contribution is 2.20. The van der Waals surface area contributed by atoms with Crippen LogP contribution < -0.4 is 10.6 Å². The summed E-state index contributed by atoms with van der Waals surface area (Å²) in [6.45, 7) is 4.01. The Morgan fingerprint density at radius 1 is 1.00 bits per heavy atom. The molecule has 0 unspecified atom stereocenters. The molecular weight excluding hydrogens is 354 g/mol. The third-order valence-corrected chi connectivity index (χ3v) is 4.00. The van der Waals surface area contributed by atoms with Crippen LogP contribution in [0.5, 0.6) is 0 Å². The number of hydrogen-bond donors (Lipinski definition) is 2. The SMILES string of the molecule is CCOC(=O)c1ccccc1NC(=O)c1cc(Nc2ccc(C)cc2)ccn1. The summed E-state index contributed by atoms with van der Waals surface area (Å²) in [7, 11) is 0. The lowest BCUT2D eigenvalue weighted by atomic mass is 10.1. The monoisotopic (exact) mass is 375 g/mol. The van der Waals surface area contributed by atoms with Crippen LogP contribution in [0.25, 0.3) is 0 Å². The number of nitrogens with zero attached hydrogens (tertiary/aromatic N) is 1. The van der Waals surface area contributed by atoms with Gasteiger partial charge in [0.1, 0.15) is 5.69 Å². The maximum absolute atomic E-state index is 12.6. The number of ether oxygens (including phenoxy) is 1. The van der Waals surface area contributed by atoms with Crippen molar-refractivity contribution in [3.05, 3.63) is 83.7 Å². The van der Waals surface area contributed by atoms with E-state index in [2.05, 4.69) is 15.6 Å². The molecule has 0 aliphatic heterocycles. The molecule has 0 atom stereocenters. The van der Waals surface area contributed by atoms with Crippen LogP contribution in [-0.4, -0.2) is 23.5 Å². The number of carbonyl (C=O) groups excluding carboxylic acids is 2. The Morgan fingerprint density at radius 2 is 1.75 bits per heavy atom. The smallest absolute Gasteiger partial charge is 0.340 e. The molecule has 1 amide bonds. The number of benzene rings is 2. The van der Waals surface area contributed by atoms with Crippen LogP contribution in [0.1, 0.15) is 33.3 Å². The summed E-state index contributed by atoms with van der Waals surface area (Å²) >= 11 is 0. The van der Waals surface area contributed by atoms with Gasteiger partial charge in [-0.3, -0.25) is 9.78 Å². The molecule has 0 aliphatic rings. The molecule has 0 fully saturated rings. The maximum Gasteiger partial charge on any atom is 0.340 e. The summed E-state index contributed by atoms with van der Waals surface area (Å²) in [5.74, 6) is -0.898. The number of anilines is 3. The Morgan fingerprint density at radius 3 is 2.50 bits per heavy atom. The van der Waals surface area contributed by atoms with Crippen molar-refractivity contribution in [2.45, 2.75) is 13.8 Å². The molecule has 3 rings (SSSR count). The molecule has 0 bridgehead atoms. The Labute approximate surface area is 163 Å². The van der Waals surface area contributed by atoms with Gasteiger partial charge in [-0.2, -0.15) is 0 Å². The number of hydrogen-bond acceptors (Lipinski definition) is 5. The van der Waals surface area contributed by atoms with E-state index < -0.39 is 11.9 Å². The van der Waals surface area contributed by atoms with E-state index in [0.717, 1.165) is 11.4 Å². The van der Waals surface area contributed by atoms with E-state index in [-0.39, 0.29) is 12.3 Å². The van der Waals surface area contributed by atoms with Crippen molar-refractivity contribution in [3.63, 3.8) is 0 Å². The number of para-hydroxylation sites is 1. The predicted octanol–water partition coefficient (Wildman–Crippen LogP) is 4.56. The lowest BCUT2D eigenvalue weighted by Gasteiger charge is -2.11. The van der Waals surface area contributed by atoms with Gasteiger partial charge in [0.25, 0.3) is 5.91 Å². The van der Waals surface area contributed by atoms with Crippen LogP contribution in [0.4, 0.5) is 17.1 Å². The quantitative estimate of drug-likeness (QED) is 0.617. The normalized spacial score (nSPS) is 10.2. The Kier molecular flexibility index (Phi) is 6.01. The van der Waals surface area contributed by atoms with Gasteiger partial charge >= 0.3 is 5.97 Å². The van der Waals surface area contributed by atoms with E-state index in [1.165, 1.54) is 5.56 Å². The van der Waals surface area contributed by atoms with E-state index in [1.807, 2.05) is 31.2 Å². The molecule has 0 saturated heterocycles. The Hall–Kier alpha value is -3.67. The lowest BCUT2D eigenvalue weighted by Crippen LogP contribution is -2.17. The van der Waals surface area contributed by atoms with Crippen LogP contribution in [0.2, 0.25) is 0 Å². The zero-order chi connectivity index (χ0) is 19.9. The van der Waals surface area contributed by atoms with Crippen molar-refractivity contribution in [2.75, 3.05) is 17.2 Å². The van der Waals surface area contributed by atoms with Gasteiger partial charge in [0.05, 0.1) is 17.9 Å². The molecule has 2 aromatic carbocycles. The van der Waals surface area contributed by atoms with Crippen molar-refractivity contribution in [1.29, 1.82) is 0 Å². The van der Waals surface area contributed by atoms with E-state index in [9.17, 15) is 9.59 Å². The Balaban J connectivity index is 1.77. The number of aryl methyl sites for hydroxylation is 1. The minimum Gasteiger partial charge on any atom is -0.462 e. The zero-order valence-electron chi connectivity index (χ0n) is 15.7. The highest BCUT2D eigenvalue weighted by molar-refractivity contribution is 6.07. The fourth-order valence-corrected chi connectivity index (χ4v) is 2.60. The van der Waals surface area contributed by atoms with Gasteiger partial charge in [-0.25, -0.2) is 4.79 Å². The van der Waals surface area contributed by atoms with Crippen molar-refractivity contribution in [1.82, 2.24) is 4.98 Å². The topological polar surface area (TPSA) is 80.3 Å². The third kappa shape index (κ3) is 4.73. The molecular formula is C22H21N3O3. The number of amides is 1. The van der Waals surface area contributed by atoms with Gasteiger partial charge in [-0.05, 0) is 50.2 Å². The minimum atomic E-state index is -0.485. The van der Waals surface area contributed by atoms with Gasteiger partial charge in [0.15, 0.2) is 0 Å². The largest absolute Gasteiger partial charge is 0.462 e. The average molecular weight is 375 g/mol. The molecule has 6 nitrogen and oxygen atoms in total. The van der Waals surface area contributed by atoms with E-state index in [0.29, 0.717) is 11.3 Å². The molecule has 0 spiro atoms. The first-order valence-corrected chi connectivity index (χ1v) is 8.94. The molecule has 1 aromatic heterocycles. The van der Waals surface area contributed by atoms with Crippen molar-refractivity contribution < 1.29 is 14.3 Å². The number of pyridine rings is 1. The maximum atomic E-state index is 12.6. The van der Waals surface area contributed by atoms with Crippen molar-refractivity contribution >= 4 is 28.9 Å². The average Bonchev–Trinajstić information content (AvgIpc) is 2.70. The second kappa shape index (κ2) is 8.81. The molecule has 142 valence electrons. The number of rotatable bonds is 6. The second-order valence-corrected chi connectivity index (χ2v) is 6.14. The fourth-order valence-electron chi connectivity index (χ4n) is 2.60. The predicted molar refractivity (Wildman–Crippen MR) is 109 cm³/mol. The summed E-state index contributed by atoms with van der Waals surface area (Å²) in [5.41, 5.74) is 3.73. The van der Waals surface area contributed by atoms with Gasteiger partial charge in [-0.15, -0.1) is 0 Å². The molecule has 0 radical (unpaired) electrons. The standard InChI is InChI=1S/C22H21N3O3/c1-3-28-22(27)18-6-4-5-7-19(18)25-21(26)20-14-17(12-13-23-20)24-16-10-8-15(2)9-11-16/h4-14H,3H2,1-2H3,(H,23,24)(H,25,26). The number of nitrogens with one attached hydrogen (secondary N) is 2. The van der Waals surface area contributed by atoms with Crippen LogP contribution in [0.15, 0.2) is 66.9 Å². The highest BCUT2D eigenvalue weighted by atomic mass is 16.5. The zero-order valence-corrected chi connectivity index (χ0v) is 15.7. The van der Waals surface area contributed by atoms with Crippen LogP contribution >= 0.6 is 0 Å². The Bertz CT molecular complexity index is 984.